The summed E-state index contributed by atoms with van der Waals surface area (Å²) in [5, 5.41) is 3.31. The molecule has 98 valence electrons. The Hall–Kier alpha value is -2.36. The van der Waals surface area contributed by atoms with Gasteiger partial charge < -0.3 is 11.1 Å². The molecule has 2 rings (SSSR count). The summed E-state index contributed by atoms with van der Waals surface area (Å²) in [4.78, 5) is 8.23. The normalized spacial score (nSPS) is 10.8. The Kier molecular flexibility index (Phi) is 4.50. The van der Waals surface area contributed by atoms with Crippen LogP contribution in [0.5, 0.6) is 0 Å². The van der Waals surface area contributed by atoms with Gasteiger partial charge in [0.15, 0.2) is 0 Å². The summed E-state index contributed by atoms with van der Waals surface area (Å²) in [7, 11) is 0. The predicted octanol–water partition coefficient (Wildman–Crippen LogP) is 2.58. The van der Waals surface area contributed by atoms with E-state index >= 15 is 0 Å². The first kappa shape index (κ1) is 13.1. The number of hydrogen-bond donors (Lipinski definition) is 2. The Labute approximate surface area is 113 Å². The van der Waals surface area contributed by atoms with Crippen molar-refractivity contribution in [1.29, 1.82) is 0 Å². The number of anilines is 2. The number of benzene rings is 1. The Bertz CT molecular complexity index is 529. The zero-order valence-corrected chi connectivity index (χ0v) is 11.0. The first-order valence-corrected chi connectivity index (χ1v) is 6.28. The van der Waals surface area contributed by atoms with E-state index in [1.165, 1.54) is 0 Å². The van der Waals surface area contributed by atoms with Crippen molar-refractivity contribution in [1.82, 2.24) is 9.97 Å². The van der Waals surface area contributed by atoms with Gasteiger partial charge in [-0.25, -0.2) is 9.97 Å². The van der Waals surface area contributed by atoms with E-state index in [4.69, 9.17) is 5.73 Å². The Morgan fingerprint density at radius 2 is 1.95 bits per heavy atom. The summed E-state index contributed by atoms with van der Waals surface area (Å²) in [5.74, 6) is 0.339. The standard InChI is InChI=1S/C15H18N4/c1-12-11-14(19-15(16)18-12)9-5-6-10-17-13-7-3-2-4-8-13/h2-8,11,17H,9-10H2,1H3,(H2,16,18,19). The first-order valence-electron chi connectivity index (χ1n) is 6.28. The van der Waals surface area contributed by atoms with Crippen molar-refractivity contribution in [2.24, 2.45) is 0 Å². The molecule has 0 spiro atoms. The number of nitrogens with one attached hydrogen (secondary N) is 1. The molecule has 0 aliphatic rings. The van der Waals surface area contributed by atoms with Crippen LogP contribution in [-0.2, 0) is 6.42 Å². The van der Waals surface area contributed by atoms with Crippen molar-refractivity contribution in [3.63, 3.8) is 0 Å². The number of aromatic nitrogens is 2. The molecule has 0 saturated carbocycles. The van der Waals surface area contributed by atoms with Gasteiger partial charge in [-0.3, -0.25) is 0 Å². The molecule has 4 heteroatoms. The van der Waals surface area contributed by atoms with E-state index in [1.54, 1.807) is 0 Å². The van der Waals surface area contributed by atoms with Gasteiger partial charge in [0, 0.05) is 30.0 Å². The molecule has 0 fully saturated rings. The molecule has 0 amide bonds. The highest BCUT2D eigenvalue weighted by Gasteiger charge is 1.96. The number of para-hydroxylation sites is 1. The van der Waals surface area contributed by atoms with Gasteiger partial charge in [-0.05, 0) is 25.1 Å². The lowest BCUT2D eigenvalue weighted by Gasteiger charge is -2.02. The maximum Gasteiger partial charge on any atom is 0.220 e. The molecule has 3 N–H and O–H groups in total. The minimum atomic E-state index is 0.339. The van der Waals surface area contributed by atoms with E-state index in [-0.39, 0.29) is 0 Å². The molecule has 19 heavy (non-hydrogen) atoms. The molecule has 4 nitrogen and oxygen atoms in total. The summed E-state index contributed by atoms with van der Waals surface area (Å²) in [6, 6.07) is 12.1. The van der Waals surface area contributed by atoms with E-state index in [0.717, 1.165) is 30.0 Å². The molecule has 1 aromatic heterocycles. The highest BCUT2D eigenvalue weighted by atomic mass is 15.0. The molecule has 0 aliphatic carbocycles. The zero-order chi connectivity index (χ0) is 13.5. The second-order valence-corrected chi connectivity index (χ2v) is 4.28. The molecule has 2 aromatic rings. The number of rotatable bonds is 5. The van der Waals surface area contributed by atoms with Crippen molar-refractivity contribution in [3.05, 3.63) is 59.9 Å². The lowest BCUT2D eigenvalue weighted by atomic mass is 10.2. The average Bonchev–Trinajstić information content (AvgIpc) is 2.38. The summed E-state index contributed by atoms with van der Waals surface area (Å²) >= 11 is 0. The minimum absolute atomic E-state index is 0.339. The average molecular weight is 254 g/mol. The molecular weight excluding hydrogens is 236 g/mol. The molecule has 0 saturated heterocycles. The van der Waals surface area contributed by atoms with E-state index in [2.05, 4.69) is 27.4 Å². The highest BCUT2D eigenvalue weighted by Crippen LogP contribution is 2.05. The van der Waals surface area contributed by atoms with Crippen LogP contribution >= 0.6 is 0 Å². The van der Waals surface area contributed by atoms with Crippen LogP contribution < -0.4 is 11.1 Å². The Morgan fingerprint density at radius 1 is 1.16 bits per heavy atom. The van der Waals surface area contributed by atoms with Crippen LogP contribution in [0.4, 0.5) is 11.6 Å². The van der Waals surface area contributed by atoms with Gasteiger partial charge in [0.2, 0.25) is 5.95 Å². The Balaban J connectivity index is 1.80. The summed E-state index contributed by atoms with van der Waals surface area (Å²) in [6.45, 7) is 2.71. The molecule has 0 atom stereocenters. The third kappa shape index (κ3) is 4.43. The van der Waals surface area contributed by atoms with Crippen molar-refractivity contribution < 1.29 is 0 Å². The third-order valence-electron chi connectivity index (χ3n) is 2.62. The minimum Gasteiger partial charge on any atom is -0.382 e. The zero-order valence-electron chi connectivity index (χ0n) is 11.0. The third-order valence-corrected chi connectivity index (χ3v) is 2.62. The van der Waals surface area contributed by atoms with Crippen LogP contribution in [0.3, 0.4) is 0 Å². The fraction of sp³-hybridized carbons (Fsp3) is 0.200. The van der Waals surface area contributed by atoms with Gasteiger partial charge in [-0.2, -0.15) is 0 Å². The van der Waals surface area contributed by atoms with Crippen LogP contribution in [0.1, 0.15) is 11.4 Å². The lowest BCUT2D eigenvalue weighted by molar-refractivity contribution is 1.03. The van der Waals surface area contributed by atoms with Gasteiger partial charge in [0.1, 0.15) is 0 Å². The lowest BCUT2D eigenvalue weighted by Crippen LogP contribution is -2.01. The number of allylic oxidation sites excluding steroid dienone is 1. The maximum absolute atomic E-state index is 5.61. The van der Waals surface area contributed by atoms with Gasteiger partial charge in [0.25, 0.3) is 0 Å². The molecule has 0 unspecified atom stereocenters. The van der Waals surface area contributed by atoms with Crippen LogP contribution in [-0.4, -0.2) is 16.5 Å². The van der Waals surface area contributed by atoms with Gasteiger partial charge >= 0.3 is 0 Å². The molecule has 0 bridgehead atoms. The monoisotopic (exact) mass is 254 g/mol. The van der Waals surface area contributed by atoms with Crippen LogP contribution in [0.25, 0.3) is 0 Å². The molecule has 1 aromatic carbocycles. The number of nitrogens with two attached hydrogens (primary N) is 1. The molecule has 1 heterocycles. The van der Waals surface area contributed by atoms with Gasteiger partial charge in [0.05, 0.1) is 0 Å². The van der Waals surface area contributed by atoms with Crippen LogP contribution in [0, 0.1) is 6.92 Å². The number of hydrogen-bond acceptors (Lipinski definition) is 4. The summed E-state index contributed by atoms with van der Waals surface area (Å²) < 4.78 is 0. The smallest absolute Gasteiger partial charge is 0.220 e. The van der Waals surface area contributed by atoms with Crippen molar-refractivity contribution >= 4 is 11.6 Å². The maximum atomic E-state index is 5.61. The molecule has 0 radical (unpaired) electrons. The summed E-state index contributed by atoms with van der Waals surface area (Å²) in [6.07, 6.45) is 4.93. The highest BCUT2D eigenvalue weighted by molar-refractivity contribution is 5.42. The fourth-order valence-electron chi connectivity index (χ4n) is 1.78. The quantitative estimate of drug-likeness (QED) is 0.805. The second-order valence-electron chi connectivity index (χ2n) is 4.28. The Morgan fingerprint density at radius 3 is 2.68 bits per heavy atom. The van der Waals surface area contributed by atoms with Crippen LogP contribution in [0.2, 0.25) is 0 Å². The topological polar surface area (TPSA) is 63.8 Å². The fourth-order valence-corrected chi connectivity index (χ4v) is 1.78. The van der Waals surface area contributed by atoms with E-state index in [1.807, 2.05) is 43.3 Å². The van der Waals surface area contributed by atoms with Crippen molar-refractivity contribution in [2.45, 2.75) is 13.3 Å². The van der Waals surface area contributed by atoms with Crippen molar-refractivity contribution in [3.8, 4) is 0 Å². The summed E-state index contributed by atoms with van der Waals surface area (Å²) in [5.41, 5.74) is 8.57. The SMILES string of the molecule is Cc1cc(CC=CCNc2ccccc2)nc(N)n1. The number of aryl methyl sites for hydroxylation is 1. The number of nitrogens with zero attached hydrogens (tertiary/aromatic N) is 2. The van der Waals surface area contributed by atoms with Crippen LogP contribution in [0.15, 0.2) is 48.6 Å². The largest absolute Gasteiger partial charge is 0.382 e. The second kappa shape index (κ2) is 6.54. The van der Waals surface area contributed by atoms with E-state index in [9.17, 15) is 0 Å². The number of nitrogen functional groups attached to an aromatic ring is 1. The van der Waals surface area contributed by atoms with E-state index in [0.29, 0.717) is 5.95 Å². The van der Waals surface area contributed by atoms with E-state index < -0.39 is 0 Å². The van der Waals surface area contributed by atoms with Gasteiger partial charge in [-0.15, -0.1) is 0 Å². The van der Waals surface area contributed by atoms with Gasteiger partial charge in [-0.1, -0.05) is 30.4 Å². The molecular formula is C15H18N4. The van der Waals surface area contributed by atoms with Crippen molar-refractivity contribution in [2.75, 3.05) is 17.6 Å². The predicted molar refractivity (Wildman–Crippen MR) is 79.0 cm³/mol. The molecule has 0 aliphatic heterocycles. The first-order chi connectivity index (χ1) is 9.24.